The summed E-state index contributed by atoms with van der Waals surface area (Å²) in [6.45, 7) is 4.86. The number of carbonyl (C=O) groups is 1. The molecular weight excluding hydrogens is 388 g/mol. The van der Waals surface area contributed by atoms with Crippen LogP contribution in [0.5, 0.6) is 0 Å². The highest BCUT2D eigenvalue weighted by atomic mass is 35.5. The number of hydrogen-bond acceptors (Lipinski definition) is 5. The Hall–Kier alpha value is -2.77. The Labute approximate surface area is 174 Å². The summed E-state index contributed by atoms with van der Waals surface area (Å²) in [5.74, 6) is 1.37. The maximum Gasteiger partial charge on any atom is 0.254 e. The van der Waals surface area contributed by atoms with E-state index < -0.39 is 0 Å². The number of nitrogens with zero attached hydrogens (tertiary/aromatic N) is 5. The molecule has 29 heavy (non-hydrogen) atoms. The van der Waals surface area contributed by atoms with Crippen LogP contribution in [-0.4, -0.2) is 55.5 Å². The predicted octanol–water partition coefficient (Wildman–Crippen LogP) is 3.25. The van der Waals surface area contributed by atoms with Gasteiger partial charge in [0.1, 0.15) is 11.9 Å². The molecule has 1 saturated heterocycles. The molecule has 1 aliphatic rings. The van der Waals surface area contributed by atoms with E-state index in [0.717, 1.165) is 30.4 Å². The van der Waals surface area contributed by atoms with Crippen LogP contribution in [0.25, 0.3) is 0 Å². The molecule has 3 heterocycles. The summed E-state index contributed by atoms with van der Waals surface area (Å²) in [7, 11) is 0. The van der Waals surface area contributed by atoms with Crippen LogP contribution in [0.2, 0.25) is 5.02 Å². The first-order chi connectivity index (χ1) is 14.1. The standard InChI is InChI=1S/C21H23ClN6O/c1-15-24-20(26-25-15)19-14-27(13-16-3-5-18(22)6-4-16)11-2-12-28(19)21(29)17-7-9-23-10-8-17/h3-10,19H,2,11-14H2,1H3,(H,24,25,26). The highest BCUT2D eigenvalue weighted by molar-refractivity contribution is 6.30. The van der Waals surface area contributed by atoms with E-state index in [9.17, 15) is 4.79 Å². The summed E-state index contributed by atoms with van der Waals surface area (Å²) >= 11 is 6.02. The number of H-pyrrole nitrogens is 1. The summed E-state index contributed by atoms with van der Waals surface area (Å²) < 4.78 is 0. The Bertz CT molecular complexity index is 959. The average Bonchev–Trinajstić information content (AvgIpc) is 3.06. The van der Waals surface area contributed by atoms with Crippen LogP contribution >= 0.6 is 11.6 Å². The lowest BCUT2D eigenvalue weighted by atomic mass is 10.1. The Morgan fingerprint density at radius 3 is 2.62 bits per heavy atom. The smallest absolute Gasteiger partial charge is 0.254 e. The van der Waals surface area contributed by atoms with E-state index in [0.29, 0.717) is 24.5 Å². The van der Waals surface area contributed by atoms with Crippen LogP contribution in [0, 0.1) is 6.92 Å². The number of aromatic amines is 1. The Morgan fingerprint density at radius 1 is 1.17 bits per heavy atom. The summed E-state index contributed by atoms with van der Waals surface area (Å²) in [4.78, 5) is 26.0. The number of halogens is 1. The van der Waals surface area contributed by atoms with Crippen LogP contribution in [0.4, 0.5) is 0 Å². The van der Waals surface area contributed by atoms with Gasteiger partial charge in [-0.1, -0.05) is 23.7 Å². The third kappa shape index (κ3) is 4.63. The number of hydrogen-bond donors (Lipinski definition) is 1. The fourth-order valence-corrected chi connectivity index (χ4v) is 3.81. The molecule has 2 aromatic heterocycles. The molecule has 3 aromatic rings. The van der Waals surface area contributed by atoms with Gasteiger partial charge in [0.25, 0.3) is 5.91 Å². The molecule has 0 radical (unpaired) electrons. The number of rotatable bonds is 4. The number of aromatic nitrogens is 4. The van der Waals surface area contributed by atoms with Crippen LogP contribution in [0.15, 0.2) is 48.8 Å². The van der Waals surface area contributed by atoms with Crippen molar-refractivity contribution in [2.75, 3.05) is 19.6 Å². The third-order valence-corrected chi connectivity index (χ3v) is 5.35. The van der Waals surface area contributed by atoms with Gasteiger partial charge in [-0.05, 0) is 43.2 Å². The van der Waals surface area contributed by atoms with E-state index in [1.807, 2.05) is 36.1 Å². The molecule has 1 aromatic carbocycles. The minimum absolute atomic E-state index is 0.0202. The molecule has 0 saturated carbocycles. The average molecular weight is 411 g/mol. The number of carbonyl (C=O) groups excluding carboxylic acids is 1. The molecule has 0 aliphatic carbocycles. The second kappa shape index (κ2) is 8.71. The molecule has 0 bridgehead atoms. The molecule has 1 fully saturated rings. The van der Waals surface area contributed by atoms with Crippen molar-refractivity contribution < 1.29 is 4.79 Å². The SMILES string of the molecule is Cc1nc(C2CN(Cc3ccc(Cl)cc3)CCCN2C(=O)c2ccncc2)n[nH]1. The first-order valence-electron chi connectivity index (χ1n) is 9.67. The van der Waals surface area contributed by atoms with Crippen molar-refractivity contribution in [1.82, 2.24) is 30.0 Å². The lowest BCUT2D eigenvalue weighted by Crippen LogP contribution is -2.39. The second-order valence-corrected chi connectivity index (χ2v) is 7.68. The lowest BCUT2D eigenvalue weighted by Gasteiger charge is -2.30. The predicted molar refractivity (Wildman–Crippen MR) is 110 cm³/mol. The largest absolute Gasteiger partial charge is 0.327 e. The third-order valence-electron chi connectivity index (χ3n) is 5.10. The van der Waals surface area contributed by atoms with Crippen molar-refractivity contribution in [1.29, 1.82) is 0 Å². The van der Waals surface area contributed by atoms with Gasteiger partial charge in [-0.15, -0.1) is 0 Å². The molecule has 1 amide bonds. The van der Waals surface area contributed by atoms with E-state index >= 15 is 0 Å². The van der Waals surface area contributed by atoms with Gasteiger partial charge in [-0.3, -0.25) is 19.8 Å². The fraction of sp³-hybridized carbons (Fsp3) is 0.333. The van der Waals surface area contributed by atoms with Crippen molar-refractivity contribution in [3.8, 4) is 0 Å². The molecule has 8 heteroatoms. The van der Waals surface area contributed by atoms with Gasteiger partial charge in [0.2, 0.25) is 0 Å². The number of nitrogens with one attached hydrogen (secondary N) is 1. The number of aryl methyl sites for hydroxylation is 1. The maximum absolute atomic E-state index is 13.2. The van der Waals surface area contributed by atoms with E-state index in [1.54, 1.807) is 24.5 Å². The summed E-state index contributed by atoms with van der Waals surface area (Å²) in [5.41, 5.74) is 1.82. The summed E-state index contributed by atoms with van der Waals surface area (Å²) in [6.07, 6.45) is 4.16. The van der Waals surface area contributed by atoms with Gasteiger partial charge in [0.05, 0.1) is 0 Å². The number of amides is 1. The van der Waals surface area contributed by atoms with Gasteiger partial charge < -0.3 is 4.90 Å². The first kappa shape index (κ1) is 19.5. The van der Waals surface area contributed by atoms with E-state index in [2.05, 4.69) is 25.1 Å². The van der Waals surface area contributed by atoms with E-state index in [-0.39, 0.29) is 11.9 Å². The molecule has 4 rings (SSSR count). The van der Waals surface area contributed by atoms with Crippen LogP contribution in [0.1, 0.15) is 40.0 Å². The zero-order valence-electron chi connectivity index (χ0n) is 16.3. The van der Waals surface area contributed by atoms with Gasteiger partial charge in [0, 0.05) is 49.2 Å². The van der Waals surface area contributed by atoms with Crippen molar-refractivity contribution in [3.05, 3.63) is 76.6 Å². The van der Waals surface area contributed by atoms with Crippen molar-refractivity contribution in [2.45, 2.75) is 25.9 Å². The highest BCUT2D eigenvalue weighted by Crippen LogP contribution is 2.26. The minimum Gasteiger partial charge on any atom is -0.327 e. The van der Waals surface area contributed by atoms with Crippen LogP contribution < -0.4 is 0 Å². The van der Waals surface area contributed by atoms with Crippen molar-refractivity contribution in [2.24, 2.45) is 0 Å². The molecule has 1 N–H and O–H groups in total. The Balaban J connectivity index is 1.60. The normalized spacial score (nSPS) is 17.9. The topological polar surface area (TPSA) is 78.0 Å². The Kier molecular flexibility index (Phi) is 5.87. The van der Waals surface area contributed by atoms with Crippen molar-refractivity contribution >= 4 is 17.5 Å². The molecular formula is C21H23ClN6O. The van der Waals surface area contributed by atoms with Gasteiger partial charge in [-0.25, -0.2) is 4.98 Å². The minimum atomic E-state index is -0.226. The van der Waals surface area contributed by atoms with E-state index in [4.69, 9.17) is 11.6 Å². The quantitative estimate of drug-likeness (QED) is 0.714. The van der Waals surface area contributed by atoms with Crippen LogP contribution in [-0.2, 0) is 6.54 Å². The van der Waals surface area contributed by atoms with Gasteiger partial charge in [-0.2, -0.15) is 5.10 Å². The summed E-state index contributed by atoms with van der Waals surface area (Å²) in [6, 6.07) is 11.2. The second-order valence-electron chi connectivity index (χ2n) is 7.24. The van der Waals surface area contributed by atoms with Gasteiger partial charge >= 0.3 is 0 Å². The molecule has 1 aliphatic heterocycles. The Morgan fingerprint density at radius 2 is 1.93 bits per heavy atom. The van der Waals surface area contributed by atoms with Crippen molar-refractivity contribution in [3.63, 3.8) is 0 Å². The lowest BCUT2D eigenvalue weighted by molar-refractivity contribution is 0.0663. The number of pyridine rings is 1. The highest BCUT2D eigenvalue weighted by Gasteiger charge is 2.32. The molecule has 0 spiro atoms. The van der Waals surface area contributed by atoms with Crippen LogP contribution in [0.3, 0.4) is 0 Å². The maximum atomic E-state index is 13.2. The fourth-order valence-electron chi connectivity index (χ4n) is 3.68. The van der Waals surface area contributed by atoms with E-state index in [1.165, 1.54) is 5.56 Å². The number of benzene rings is 1. The molecule has 150 valence electrons. The monoisotopic (exact) mass is 410 g/mol. The first-order valence-corrected chi connectivity index (χ1v) is 10.0. The van der Waals surface area contributed by atoms with Gasteiger partial charge in [0.15, 0.2) is 5.82 Å². The summed E-state index contributed by atoms with van der Waals surface area (Å²) in [5, 5.41) is 8.02. The molecule has 1 atom stereocenters. The molecule has 1 unspecified atom stereocenters. The zero-order valence-corrected chi connectivity index (χ0v) is 17.0. The zero-order chi connectivity index (χ0) is 20.2. The molecule has 7 nitrogen and oxygen atoms in total.